The lowest BCUT2D eigenvalue weighted by atomic mass is 10.1. The van der Waals surface area contributed by atoms with Gasteiger partial charge in [-0.15, -0.1) is 11.3 Å². The summed E-state index contributed by atoms with van der Waals surface area (Å²) < 4.78 is 2.17. The topological polar surface area (TPSA) is 49.0 Å². The minimum absolute atomic E-state index is 0.0910. The molecule has 0 fully saturated rings. The molecule has 4 nitrogen and oxygen atoms in total. The van der Waals surface area contributed by atoms with Crippen LogP contribution in [-0.4, -0.2) is 27.8 Å². The molecule has 1 amide bonds. The summed E-state index contributed by atoms with van der Waals surface area (Å²) in [5.74, 6) is 0.0910. The van der Waals surface area contributed by atoms with E-state index in [1.165, 1.54) is 0 Å². The van der Waals surface area contributed by atoms with Gasteiger partial charge in [0.2, 0.25) is 5.91 Å². The first-order valence-corrected chi connectivity index (χ1v) is 9.97. The Labute approximate surface area is 164 Å². The molecule has 0 bridgehead atoms. The summed E-state index contributed by atoms with van der Waals surface area (Å²) in [5, 5.41) is 2.05. The zero-order chi connectivity index (χ0) is 18.3. The minimum atomic E-state index is 0.0910. The number of hydrogen-bond donors (Lipinski definition) is 1. The third-order valence-corrected chi connectivity index (χ3v) is 6.06. The molecule has 0 spiro atoms. The number of benzene rings is 2. The Bertz CT molecular complexity index is 1080. The Morgan fingerprint density at radius 3 is 2.88 bits per heavy atom. The SMILES string of the molecule is Cc1[nH]c2ccc(Br)cc2c1CC(=O)N(C)Cc1nc2ccccc2s1. The quantitative estimate of drug-likeness (QED) is 0.495. The maximum Gasteiger partial charge on any atom is 0.227 e. The molecule has 0 unspecified atom stereocenters. The van der Waals surface area contributed by atoms with Crippen molar-refractivity contribution in [3.05, 3.63) is 63.2 Å². The van der Waals surface area contributed by atoms with Crippen molar-refractivity contribution in [2.75, 3.05) is 7.05 Å². The van der Waals surface area contributed by atoms with E-state index in [2.05, 4.69) is 38.0 Å². The first-order chi connectivity index (χ1) is 12.5. The molecule has 6 heteroatoms. The summed E-state index contributed by atoms with van der Waals surface area (Å²) in [4.78, 5) is 22.5. The maximum atomic E-state index is 12.8. The molecule has 0 aliphatic rings. The molecule has 0 saturated carbocycles. The lowest BCUT2D eigenvalue weighted by Crippen LogP contribution is -2.27. The summed E-state index contributed by atoms with van der Waals surface area (Å²) >= 11 is 5.16. The number of fused-ring (bicyclic) bond motifs is 2. The first kappa shape index (κ1) is 17.2. The van der Waals surface area contributed by atoms with E-state index in [0.29, 0.717) is 13.0 Å². The van der Waals surface area contributed by atoms with Crippen LogP contribution in [0, 0.1) is 6.92 Å². The van der Waals surface area contributed by atoms with E-state index in [0.717, 1.165) is 41.9 Å². The molecule has 2 aromatic carbocycles. The van der Waals surface area contributed by atoms with Crippen molar-refractivity contribution in [2.45, 2.75) is 19.9 Å². The van der Waals surface area contributed by atoms with E-state index in [1.807, 2.05) is 44.3 Å². The van der Waals surface area contributed by atoms with Gasteiger partial charge in [0.05, 0.1) is 23.2 Å². The summed E-state index contributed by atoms with van der Waals surface area (Å²) in [7, 11) is 1.84. The molecule has 0 radical (unpaired) electrons. The Morgan fingerprint density at radius 2 is 2.08 bits per heavy atom. The standard InChI is InChI=1S/C20H18BrN3OS/c1-12-14(15-9-13(21)7-8-16(15)22-12)10-20(25)24(2)11-19-23-17-5-3-4-6-18(17)26-19/h3-9,22H,10-11H2,1-2H3. The van der Waals surface area contributed by atoms with Crippen LogP contribution in [0.1, 0.15) is 16.3 Å². The monoisotopic (exact) mass is 427 g/mol. The van der Waals surface area contributed by atoms with Crippen LogP contribution in [0.3, 0.4) is 0 Å². The van der Waals surface area contributed by atoms with E-state index < -0.39 is 0 Å². The number of para-hydroxylation sites is 1. The zero-order valence-electron chi connectivity index (χ0n) is 14.5. The molecule has 0 atom stereocenters. The van der Waals surface area contributed by atoms with Gasteiger partial charge in [0.1, 0.15) is 5.01 Å². The van der Waals surface area contributed by atoms with Crippen molar-refractivity contribution in [3.63, 3.8) is 0 Å². The highest BCUT2D eigenvalue weighted by Crippen LogP contribution is 2.27. The van der Waals surface area contributed by atoms with Gasteiger partial charge in [-0.2, -0.15) is 0 Å². The number of nitrogens with one attached hydrogen (secondary N) is 1. The van der Waals surface area contributed by atoms with Crippen LogP contribution in [0.5, 0.6) is 0 Å². The van der Waals surface area contributed by atoms with E-state index in [1.54, 1.807) is 16.2 Å². The van der Waals surface area contributed by atoms with E-state index >= 15 is 0 Å². The molecule has 2 heterocycles. The van der Waals surface area contributed by atoms with Crippen LogP contribution in [-0.2, 0) is 17.8 Å². The number of likely N-dealkylation sites (N-methyl/N-ethyl adjacent to an activating group) is 1. The van der Waals surface area contributed by atoms with Gasteiger partial charge in [-0.25, -0.2) is 4.98 Å². The number of aromatic nitrogens is 2. The molecule has 26 heavy (non-hydrogen) atoms. The number of halogens is 1. The van der Waals surface area contributed by atoms with Crippen LogP contribution >= 0.6 is 27.3 Å². The van der Waals surface area contributed by atoms with Crippen LogP contribution in [0.4, 0.5) is 0 Å². The van der Waals surface area contributed by atoms with Gasteiger partial charge in [-0.3, -0.25) is 4.79 Å². The minimum Gasteiger partial charge on any atom is -0.358 e. The second kappa shape index (κ2) is 6.85. The number of aryl methyl sites for hydroxylation is 1. The van der Waals surface area contributed by atoms with Crippen LogP contribution in [0.2, 0.25) is 0 Å². The Hall–Kier alpha value is -2.18. The second-order valence-electron chi connectivity index (χ2n) is 6.42. The van der Waals surface area contributed by atoms with E-state index in [9.17, 15) is 4.79 Å². The predicted molar refractivity (Wildman–Crippen MR) is 111 cm³/mol. The summed E-state index contributed by atoms with van der Waals surface area (Å²) in [6.07, 6.45) is 0.379. The fourth-order valence-corrected chi connectivity index (χ4v) is 4.53. The van der Waals surface area contributed by atoms with Gasteiger partial charge < -0.3 is 9.88 Å². The number of thiazole rings is 1. The number of rotatable bonds is 4. The number of aromatic amines is 1. The van der Waals surface area contributed by atoms with Gasteiger partial charge in [-0.1, -0.05) is 28.1 Å². The summed E-state index contributed by atoms with van der Waals surface area (Å²) in [6, 6.07) is 14.2. The van der Waals surface area contributed by atoms with Crippen molar-refractivity contribution in [2.24, 2.45) is 0 Å². The fraction of sp³-hybridized carbons (Fsp3) is 0.200. The fourth-order valence-electron chi connectivity index (χ4n) is 3.15. The Kier molecular flexibility index (Phi) is 4.54. The maximum absolute atomic E-state index is 12.8. The average molecular weight is 428 g/mol. The molecule has 2 aromatic heterocycles. The molecule has 132 valence electrons. The lowest BCUT2D eigenvalue weighted by molar-refractivity contribution is -0.129. The molecule has 1 N–H and O–H groups in total. The van der Waals surface area contributed by atoms with Crippen LogP contribution in [0.15, 0.2) is 46.9 Å². The summed E-state index contributed by atoms with van der Waals surface area (Å²) in [5.41, 5.74) is 4.15. The molecule has 0 aliphatic carbocycles. The normalized spacial score (nSPS) is 11.3. The number of carbonyl (C=O) groups is 1. The second-order valence-corrected chi connectivity index (χ2v) is 8.45. The molecule has 4 rings (SSSR count). The van der Waals surface area contributed by atoms with Crippen LogP contribution < -0.4 is 0 Å². The lowest BCUT2D eigenvalue weighted by Gasteiger charge is -2.15. The summed E-state index contributed by atoms with van der Waals surface area (Å²) in [6.45, 7) is 2.55. The third-order valence-electron chi connectivity index (χ3n) is 4.55. The number of amides is 1. The third kappa shape index (κ3) is 3.27. The first-order valence-electron chi connectivity index (χ1n) is 8.36. The molecular weight excluding hydrogens is 410 g/mol. The molecular formula is C20H18BrN3OS. The highest BCUT2D eigenvalue weighted by Gasteiger charge is 2.17. The number of H-pyrrole nitrogens is 1. The van der Waals surface area contributed by atoms with Gasteiger partial charge in [-0.05, 0) is 42.8 Å². The molecule has 4 aromatic rings. The van der Waals surface area contributed by atoms with Crippen molar-refractivity contribution in [1.29, 1.82) is 0 Å². The highest BCUT2D eigenvalue weighted by molar-refractivity contribution is 9.10. The van der Waals surface area contributed by atoms with E-state index in [4.69, 9.17) is 0 Å². The largest absolute Gasteiger partial charge is 0.358 e. The number of hydrogen-bond acceptors (Lipinski definition) is 3. The average Bonchev–Trinajstić information content (AvgIpc) is 3.15. The smallest absolute Gasteiger partial charge is 0.227 e. The van der Waals surface area contributed by atoms with Crippen molar-refractivity contribution < 1.29 is 4.79 Å². The predicted octanol–water partition coefficient (Wildman–Crippen LogP) is 5.05. The van der Waals surface area contributed by atoms with Gasteiger partial charge in [0.15, 0.2) is 0 Å². The highest BCUT2D eigenvalue weighted by atomic mass is 79.9. The van der Waals surface area contributed by atoms with E-state index in [-0.39, 0.29) is 5.91 Å². The van der Waals surface area contributed by atoms with Crippen molar-refractivity contribution in [3.8, 4) is 0 Å². The van der Waals surface area contributed by atoms with Gasteiger partial charge >= 0.3 is 0 Å². The van der Waals surface area contributed by atoms with Crippen molar-refractivity contribution >= 4 is 54.3 Å². The zero-order valence-corrected chi connectivity index (χ0v) is 16.9. The van der Waals surface area contributed by atoms with Crippen LogP contribution in [0.25, 0.3) is 21.1 Å². The molecule has 0 saturated heterocycles. The number of carbonyl (C=O) groups excluding carboxylic acids is 1. The van der Waals surface area contributed by atoms with Crippen molar-refractivity contribution in [1.82, 2.24) is 14.9 Å². The number of nitrogens with zero attached hydrogens (tertiary/aromatic N) is 2. The Balaban J connectivity index is 1.54. The Morgan fingerprint density at radius 1 is 1.27 bits per heavy atom. The molecule has 0 aliphatic heterocycles. The van der Waals surface area contributed by atoms with Gasteiger partial charge in [0.25, 0.3) is 0 Å². The van der Waals surface area contributed by atoms with Gasteiger partial charge in [0, 0.05) is 28.1 Å².